The van der Waals surface area contributed by atoms with Crippen molar-refractivity contribution in [2.75, 3.05) is 7.05 Å². The predicted octanol–water partition coefficient (Wildman–Crippen LogP) is 2.29. The van der Waals surface area contributed by atoms with Crippen molar-refractivity contribution >= 4 is 22.7 Å². The van der Waals surface area contributed by atoms with Crippen molar-refractivity contribution in [2.45, 2.75) is 13.0 Å². The Balaban J connectivity index is 2.55. The number of nitrogens with two attached hydrogens (primary N) is 1. The molecule has 0 aliphatic carbocycles. The SMILES string of the molecule is CN=CC(=CN)c1cnc2ccc(C(C)O)cc2c1. The van der Waals surface area contributed by atoms with Crippen LogP contribution in [0.4, 0.5) is 0 Å². The summed E-state index contributed by atoms with van der Waals surface area (Å²) < 4.78 is 0. The zero-order valence-electron chi connectivity index (χ0n) is 11.0. The summed E-state index contributed by atoms with van der Waals surface area (Å²) in [5.74, 6) is 0. The Labute approximate surface area is 112 Å². The maximum absolute atomic E-state index is 9.62. The summed E-state index contributed by atoms with van der Waals surface area (Å²) in [4.78, 5) is 8.36. The molecule has 1 atom stereocenters. The summed E-state index contributed by atoms with van der Waals surface area (Å²) in [5.41, 5.74) is 9.07. The van der Waals surface area contributed by atoms with Crippen LogP contribution in [0.15, 0.2) is 41.7 Å². The summed E-state index contributed by atoms with van der Waals surface area (Å²) in [6.45, 7) is 1.74. The Morgan fingerprint density at radius 1 is 1.42 bits per heavy atom. The zero-order chi connectivity index (χ0) is 13.8. The Morgan fingerprint density at radius 2 is 2.21 bits per heavy atom. The molecule has 1 heterocycles. The van der Waals surface area contributed by atoms with E-state index >= 15 is 0 Å². The van der Waals surface area contributed by atoms with Gasteiger partial charge in [-0.2, -0.15) is 0 Å². The summed E-state index contributed by atoms with van der Waals surface area (Å²) in [6, 6.07) is 7.72. The highest BCUT2D eigenvalue weighted by molar-refractivity contribution is 6.10. The second kappa shape index (κ2) is 5.63. The van der Waals surface area contributed by atoms with E-state index < -0.39 is 6.10 Å². The lowest BCUT2D eigenvalue weighted by molar-refractivity contribution is 0.199. The molecule has 0 spiro atoms. The van der Waals surface area contributed by atoms with Gasteiger partial charge in [-0.1, -0.05) is 6.07 Å². The Kier molecular flexibility index (Phi) is 3.92. The topological polar surface area (TPSA) is 71.5 Å². The van der Waals surface area contributed by atoms with E-state index in [1.54, 1.807) is 26.4 Å². The molecular formula is C15H17N3O. The Morgan fingerprint density at radius 3 is 2.84 bits per heavy atom. The van der Waals surface area contributed by atoms with Crippen molar-refractivity contribution in [1.82, 2.24) is 4.98 Å². The minimum absolute atomic E-state index is 0.491. The average molecular weight is 255 g/mol. The Bertz CT molecular complexity index is 645. The number of aromatic nitrogens is 1. The van der Waals surface area contributed by atoms with Crippen molar-refractivity contribution in [2.24, 2.45) is 10.7 Å². The van der Waals surface area contributed by atoms with Crippen LogP contribution in [0.25, 0.3) is 16.5 Å². The first-order valence-electron chi connectivity index (χ1n) is 6.08. The van der Waals surface area contributed by atoms with E-state index in [1.165, 1.54) is 6.20 Å². The maximum Gasteiger partial charge on any atom is 0.0762 e. The molecule has 19 heavy (non-hydrogen) atoms. The van der Waals surface area contributed by atoms with Crippen LogP contribution < -0.4 is 5.73 Å². The van der Waals surface area contributed by atoms with Crippen LogP contribution in [0.5, 0.6) is 0 Å². The molecule has 0 fully saturated rings. The van der Waals surface area contributed by atoms with Crippen molar-refractivity contribution in [1.29, 1.82) is 0 Å². The van der Waals surface area contributed by atoms with Crippen LogP contribution in [0, 0.1) is 0 Å². The summed E-state index contributed by atoms with van der Waals surface area (Å²) >= 11 is 0. The van der Waals surface area contributed by atoms with Gasteiger partial charge in [0.05, 0.1) is 11.6 Å². The van der Waals surface area contributed by atoms with Crippen molar-refractivity contribution in [3.05, 3.63) is 47.8 Å². The summed E-state index contributed by atoms with van der Waals surface area (Å²) in [5, 5.41) is 10.6. The van der Waals surface area contributed by atoms with Gasteiger partial charge in [0.25, 0.3) is 0 Å². The second-order valence-corrected chi connectivity index (χ2v) is 4.36. The van der Waals surface area contributed by atoms with E-state index in [9.17, 15) is 5.11 Å². The number of fused-ring (bicyclic) bond motifs is 1. The first-order chi connectivity index (χ1) is 9.15. The van der Waals surface area contributed by atoms with Gasteiger partial charge >= 0.3 is 0 Å². The summed E-state index contributed by atoms with van der Waals surface area (Å²) in [6.07, 6.45) is 4.48. The van der Waals surface area contributed by atoms with Crippen LogP contribution in [0.3, 0.4) is 0 Å². The fourth-order valence-corrected chi connectivity index (χ4v) is 1.92. The highest BCUT2D eigenvalue weighted by atomic mass is 16.3. The second-order valence-electron chi connectivity index (χ2n) is 4.36. The van der Waals surface area contributed by atoms with Gasteiger partial charge in [0.1, 0.15) is 0 Å². The van der Waals surface area contributed by atoms with Crippen molar-refractivity contribution in [3.8, 4) is 0 Å². The van der Waals surface area contributed by atoms with E-state index in [-0.39, 0.29) is 0 Å². The first-order valence-corrected chi connectivity index (χ1v) is 6.08. The number of aliphatic imine (C=N–C) groups is 1. The van der Waals surface area contributed by atoms with Gasteiger partial charge in [-0.3, -0.25) is 9.98 Å². The number of aliphatic hydroxyl groups excluding tert-OH is 1. The quantitative estimate of drug-likeness (QED) is 0.826. The molecule has 2 rings (SSSR count). The van der Waals surface area contributed by atoms with Crippen LogP contribution in [0.1, 0.15) is 24.2 Å². The minimum atomic E-state index is -0.491. The molecule has 1 unspecified atom stereocenters. The molecule has 1 aromatic heterocycles. The van der Waals surface area contributed by atoms with Gasteiger partial charge in [0.2, 0.25) is 0 Å². The van der Waals surface area contributed by atoms with E-state index in [0.717, 1.165) is 27.6 Å². The minimum Gasteiger partial charge on any atom is -0.404 e. The molecule has 98 valence electrons. The standard InChI is InChI=1S/C15H17N3O/c1-10(19)11-3-4-15-12(5-11)6-13(9-18-15)14(7-16)8-17-2/h3-10,19H,16H2,1-2H3. The number of benzene rings is 1. The van der Waals surface area contributed by atoms with E-state index in [4.69, 9.17) is 5.73 Å². The number of nitrogens with zero attached hydrogens (tertiary/aromatic N) is 2. The lowest BCUT2D eigenvalue weighted by atomic mass is 10.0. The molecule has 0 aliphatic rings. The maximum atomic E-state index is 9.62. The molecule has 0 aliphatic heterocycles. The highest BCUT2D eigenvalue weighted by Gasteiger charge is 2.05. The molecule has 0 saturated heterocycles. The normalized spacial score (nSPS) is 14.2. The molecule has 0 amide bonds. The monoisotopic (exact) mass is 255 g/mol. The van der Waals surface area contributed by atoms with Gasteiger partial charge < -0.3 is 10.8 Å². The molecule has 3 N–H and O–H groups in total. The first kappa shape index (κ1) is 13.2. The van der Waals surface area contributed by atoms with Crippen LogP contribution in [-0.2, 0) is 0 Å². The van der Waals surface area contributed by atoms with E-state index in [1.807, 2.05) is 24.3 Å². The van der Waals surface area contributed by atoms with Crippen molar-refractivity contribution < 1.29 is 5.11 Å². The molecule has 4 nitrogen and oxygen atoms in total. The lowest BCUT2D eigenvalue weighted by Crippen LogP contribution is -1.94. The third-order valence-corrected chi connectivity index (χ3v) is 2.97. The van der Waals surface area contributed by atoms with Gasteiger partial charge in [0.15, 0.2) is 0 Å². The number of pyridine rings is 1. The van der Waals surface area contributed by atoms with E-state index in [0.29, 0.717) is 0 Å². The predicted molar refractivity (Wildman–Crippen MR) is 79.0 cm³/mol. The largest absolute Gasteiger partial charge is 0.404 e. The zero-order valence-corrected chi connectivity index (χ0v) is 11.0. The average Bonchev–Trinajstić information content (AvgIpc) is 2.43. The number of hydrogen-bond donors (Lipinski definition) is 2. The number of aliphatic hydroxyl groups is 1. The fraction of sp³-hybridized carbons (Fsp3) is 0.200. The summed E-state index contributed by atoms with van der Waals surface area (Å²) in [7, 11) is 1.70. The van der Waals surface area contributed by atoms with Crippen LogP contribution >= 0.6 is 0 Å². The third-order valence-electron chi connectivity index (χ3n) is 2.97. The molecular weight excluding hydrogens is 238 g/mol. The number of rotatable bonds is 3. The molecule has 0 bridgehead atoms. The van der Waals surface area contributed by atoms with Crippen LogP contribution in [-0.4, -0.2) is 23.4 Å². The van der Waals surface area contributed by atoms with Crippen molar-refractivity contribution in [3.63, 3.8) is 0 Å². The van der Waals surface area contributed by atoms with Gasteiger partial charge in [-0.15, -0.1) is 0 Å². The molecule has 1 aromatic carbocycles. The molecule has 2 aromatic rings. The van der Waals surface area contributed by atoms with E-state index in [2.05, 4.69) is 9.98 Å². The van der Waals surface area contributed by atoms with Crippen LogP contribution in [0.2, 0.25) is 0 Å². The van der Waals surface area contributed by atoms with Gasteiger partial charge in [0, 0.05) is 42.2 Å². The molecule has 0 saturated carbocycles. The fourth-order valence-electron chi connectivity index (χ4n) is 1.92. The van der Waals surface area contributed by atoms with Gasteiger partial charge in [-0.25, -0.2) is 0 Å². The Hall–Kier alpha value is -2.20. The van der Waals surface area contributed by atoms with Gasteiger partial charge in [-0.05, 0) is 30.7 Å². The molecule has 0 radical (unpaired) electrons. The number of allylic oxidation sites excluding steroid dienone is 1. The highest BCUT2D eigenvalue weighted by Crippen LogP contribution is 2.22. The lowest BCUT2D eigenvalue weighted by Gasteiger charge is -2.07. The molecule has 4 heteroatoms. The smallest absolute Gasteiger partial charge is 0.0762 e. The number of hydrogen-bond acceptors (Lipinski definition) is 4. The third kappa shape index (κ3) is 2.80.